The Kier molecular flexibility index (Phi) is 8.57. The van der Waals surface area contributed by atoms with Gasteiger partial charge in [0.2, 0.25) is 0 Å². The molecular weight excluding hydrogens is 414 g/mol. The van der Waals surface area contributed by atoms with E-state index in [1.807, 2.05) is 11.3 Å². The number of hydrogen-bond acceptors (Lipinski definition) is 5. The molecule has 0 radical (unpaired) electrons. The molecule has 4 rings (SSSR count). The first-order valence-electron chi connectivity index (χ1n) is 12.1. The van der Waals surface area contributed by atoms with E-state index >= 15 is 0 Å². The fraction of sp³-hybridized carbons (Fsp3) is 0.481. The molecule has 1 saturated heterocycles. The van der Waals surface area contributed by atoms with Gasteiger partial charge in [-0.05, 0) is 100 Å². The van der Waals surface area contributed by atoms with E-state index in [1.54, 1.807) is 0 Å². The first-order chi connectivity index (χ1) is 15.7. The van der Waals surface area contributed by atoms with Gasteiger partial charge in [-0.1, -0.05) is 24.6 Å². The average molecular weight is 452 g/mol. The van der Waals surface area contributed by atoms with Crippen LogP contribution in [0.1, 0.15) is 44.6 Å². The van der Waals surface area contributed by atoms with Gasteiger partial charge in [-0.25, -0.2) is 0 Å². The molecule has 2 aromatic carbocycles. The Balaban J connectivity index is 1.40. The van der Waals surface area contributed by atoms with E-state index in [1.165, 1.54) is 64.9 Å². The number of hydrogen-bond donors (Lipinski definition) is 2. The van der Waals surface area contributed by atoms with Crippen molar-refractivity contribution in [2.24, 2.45) is 5.73 Å². The summed E-state index contributed by atoms with van der Waals surface area (Å²) < 4.78 is 7.40. The van der Waals surface area contributed by atoms with E-state index in [9.17, 15) is 0 Å². The molecule has 1 aliphatic heterocycles. The molecule has 3 N–H and O–H groups in total. The highest BCUT2D eigenvalue weighted by molar-refractivity contribution is 7.22. The standard InChI is InChI=1S/C27H37N3OS/c1-21-8-4-5-15-30(21)16-7-14-29-20-24-18-23(11-12-25(24)31-17-6-13-28)27-19-22-9-2-3-10-26(22)32-27/h2-3,9-12,18-19,21,29H,4-8,13-17,20,28H2,1H3. The summed E-state index contributed by atoms with van der Waals surface area (Å²) in [6.07, 6.45) is 6.15. The Morgan fingerprint density at radius 2 is 2.03 bits per heavy atom. The van der Waals surface area contributed by atoms with Crippen LogP contribution in [0.2, 0.25) is 0 Å². The highest BCUT2D eigenvalue weighted by Crippen LogP contribution is 2.35. The van der Waals surface area contributed by atoms with Crippen LogP contribution in [-0.4, -0.2) is 43.7 Å². The van der Waals surface area contributed by atoms with Gasteiger partial charge in [0.1, 0.15) is 5.75 Å². The molecule has 0 aliphatic carbocycles. The van der Waals surface area contributed by atoms with E-state index in [-0.39, 0.29) is 0 Å². The van der Waals surface area contributed by atoms with Gasteiger partial charge < -0.3 is 20.7 Å². The smallest absolute Gasteiger partial charge is 0.123 e. The number of fused-ring (bicyclic) bond motifs is 1. The number of nitrogens with two attached hydrogens (primary N) is 1. The first kappa shape index (κ1) is 23.2. The second kappa shape index (κ2) is 11.8. The third-order valence-electron chi connectivity index (χ3n) is 6.43. The molecule has 1 atom stereocenters. The Morgan fingerprint density at radius 1 is 1.12 bits per heavy atom. The van der Waals surface area contributed by atoms with Crippen molar-refractivity contribution in [1.29, 1.82) is 0 Å². The van der Waals surface area contributed by atoms with E-state index in [4.69, 9.17) is 10.5 Å². The van der Waals surface area contributed by atoms with Crippen LogP contribution in [0.4, 0.5) is 0 Å². The van der Waals surface area contributed by atoms with Gasteiger partial charge in [-0.3, -0.25) is 0 Å². The molecule has 2 heterocycles. The molecule has 5 heteroatoms. The summed E-state index contributed by atoms with van der Waals surface area (Å²) >= 11 is 1.85. The van der Waals surface area contributed by atoms with Crippen LogP contribution in [0.25, 0.3) is 20.5 Å². The van der Waals surface area contributed by atoms with Crippen LogP contribution in [0, 0.1) is 0 Å². The maximum Gasteiger partial charge on any atom is 0.123 e. The van der Waals surface area contributed by atoms with Crippen molar-refractivity contribution < 1.29 is 4.74 Å². The number of ether oxygens (including phenoxy) is 1. The molecule has 3 aromatic rings. The predicted octanol–water partition coefficient (Wildman–Crippen LogP) is 5.65. The summed E-state index contributed by atoms with van der Waals surface area (Å²) in [5, 5.41) is 4.97. The second-order valence-electron chi connectivity index (χ2n) is 8.87. The van der Waals surface area contributed by atoms with Gasteiger partial charge in [-0.2, -0.15) is 0 Å². The van der Waals surface area contributed by atoms with E-state index in [0.717, 1.165) is 31.3 Å². The molecule has 0 amide bonds. The quantitative estimate of drug-likeness (QED) is 0.370. The maximum absolute atomic E-state index is 6.07. The Labute approximate surface area is 196 Å². The van der Waals surface area contributed by atoms with Crippen molar-refractivity contribution in [2.45, 2.75) is 51.6 Å². The highest BCUT2D eigenvalue weighted by Gasteiger charge is 2.17. The molecule has 1 aliphatic rings. The maximum atomic E-state index is 6.07. The minimum absolute atomic E-state index is 0.655. The number of thiophene rings is 1. The molecule has 32 heavy (non-hydrogen) atoms. The largest absolute Gasteiger partial charge is 0.493 e. The van der Waals surface area contributed by atoms with Crippen LogP contribution in [-0.2, 0) is 6.54 Å². The van der Waals surface area contributed by atoms with Gasteiger partial charge in [0, 0.05) is 27.7 Å². The monoisotopic (exact) mass is 451 g/mol. The minimum atomic E-state index is 0.655. The van der Waals surface area contributed by atoms with Crippen LogP contribution in [0.3, 0.4) is 0 Å². The summed E-state index contributed by atoms with van der Waals surface area (Å²) in [5.74, 6) is 0.973. The first-order valence-corrected chi connectivity index (χ1v) is 13.0. The van der Waals surface area contributed by atoms with Crippen molar-refractivity contribution in [3.63, 3.8) is 0 Å². The van der Waals surface area contributed by atoms with Gasteiger partial charge in [-0.15, -0.1) is 11.3 Å². The number of benzene rings is 2. The van der Waals surface area contributed by atoms with Gasteiger partial charge in [0.25, 0.3) is 0 Å². The van der Waals surface area contributed by atoms with Crippen molar-refractivity contribution in [3.05, 3.63) is 54.1 Å². The van der Waals surface area contributed by atoms with Crippen LogP contribution in [0.5, 0.6) is 5.75 Å². The van der Waals surface area contributed by atoms with E-state index < -0.39 is 0 Å². The highest BCUT2D eigenvalue weighted by atomic mass is 32.1. The summed E-state index contributed by atoms with van der Waals surface area (Å²) in [6, 6.07) is 18.2. The normalized spacial score (nSPS) is 17.1. The third kappa shape index (κ3) is 6.10. The molecule has 4 nitrogen and oxygen atoms in total. The lowest BCUT2D eigenvalue weighted by molar-refractivity contribution is 0.159. The molecule has 1 aromatic heterocycles. The van der Waals surface area contributed by atoms with Gasteiger partial charge in [0.15, 0.2) is 0 Å². The second-order valence-corrected chi connectivity index (χ2v) is 9.96. The summed E-state index contributed by atoms with van der Waals surface area (Å²) in [4.78, 5) is 3.95. The molecule has 172 valence electrons. The van der Waals surface area contributed by atoms with Crippen LogP contribution >= 0.6 is 11.3 Å². The van der Waals surface area contributed by atoms with Crippen molar-refractivity contribution in [1.82, 2.24) is 10.2 Å². The summed E-state index contributed by atoms with van der Waals surface area (Å²) in [5.41, 5.74) is 8.14. The molecule has 0 saturated carbocycles. The fourth-order valence-electron chi connectivity index (χ4n) is 4.52. The number of likely N-dealkylation sites (tertiary alicyclic amines) is 1. The summed E-state index contributed by atoms with van der Waals surface area (Å²) in [6.45, 7) is 8.00. The molecule has 1 unspecified atom stereocenters. The number of nitrogens with one attached hydrogen (secondary N) is 1. The van der Waals surface area contributed by atoms with E-state index in [0.29, 0.717) is 13.2 Å². The minimum Gasteiger partial charge on any atom is -0.493 e. The van der Waals surface area contributed by atoms with Crippen molar-refractivity contribution in [3.8, 4) is 16.2 Å². The van der Waals surface area contributed by atoms with Crippen molar-refractivity contribution in [2.75, 3.05) is 32.8 Å². The SMILES string of the molecule is CC1CCCCN1CCCNCc1cc(-c2cc3ccccc3s2)ccc1OCCCN. The third-order valence-corrected chi connectivity index (χ3v) is 7.60. The number of nitrogens with zero attached hydrogens (tertiary/aromatic N) is 1. The van der Waals surface area contributed by atoms with Crippen molar-refractivity contribution >= 4 is 21.4 Å². The Morgan fingerprint density at radius 3 is 2.88 bits per heavy atom. The zero-order valence-electron chi connectivity index (χ0n) is 19.3. The lowest BCUT2D eigenvalue weighted by atomic mass is 10.0. The predicted molar refractivity (Wildman–Crippen MR) is 138 cm³/mol. The lowest BCUT2D eigenvalue weighted by Gasteiger charge is -2.33. The molecule has 0 spiro atoms. The Bertz CT molecular complexity index is 953. The average Bonchev–Trinajstić information content (AvgIpc) is 3.25. The molecular formula is C27H37N3OS. The lowest BCUT2D eigenvalue weighted by Crippen LogP contribution is -2.38. The zero-order valence-corrected chi connectivity index (χ0v) is 20.1. The zero-order chi connectivity index (χ0) is 22.2. The number of piperidine rings is 1. The molecule has 0 bridgehead atoms. The molecule has 1 fully saturated rings. The van der Waals surface area contributed by atoms with Crippen LogP contribution in [0.15, 0.2) is 48.5 Å². The van der Waals surface area contributed by atoms with Gasteiger partial charge >= 0.3 is 0 Å². The fourth-order valence-corrected chi connectivity index (χ4v) is 5.58. The Hall–Kier alpha value is -1.92. The van der Waals surface area contributed by atoms with Crippen LogP contribution < -0.4 is 15.8 Å². The van der Waals surface area contributed by atoms with E-state index in [2.05, 4.69) is 65.7 Å². The topological polar surface area (TPSA) is 50.5 Å². The number of rotatable bonds is 11. The van der Waals surface area contributed by atoms with Gasteiger partial charge in [0.05, 0.1) is 6.61 Å². The summed E-state index contributed by atoms with van der Waals surface area (Å²) in [7, 11) is 0.